The topological polar surface area (TPSA) is 9.23 Å². The minimum atomic E-state index is 0.561. The molecule has 0 aliphatic heterocycles. The number of methoxy groups -OCH3 is 1. The highest BCUT2D eigenvalue weighted by Gasteiger charge is 2.07. The maximum atomic E-state index is 5.15. The van der Waals surface area contributed by atoms with Crippen molar-refractivity contribution in [2.75, 3.05) is 12.4 Å². The molecule has 0 N–H and O–H groups in total. The van der Waals surface area contributed by atoms with E-state index in [0.717, 1.165) is 11.1 Å². The largest absolute Gasteiger partial charge is 0.497 e. The van der Waals surface area contributed by atoms with Gasteiger partial charge in [0.2, 0.25) is 0 Å². The predicted octanol–water partition coefficient (Wildman–Crippen LogP) is 3.50. The van der Waals surface area contributed by atoms with Crippen LogP contribution in [0, 0.1) is 6.92 Å². The summed E-state index contributed by atoms with van der Waals surface area (Å²) in [6.45, 7) is 4.33. The quantitative estimate of drug-likeness (QED) is 0.738. The van der Waals surface area contributed by atoms with Crippen LogP contribution in [0.3, 0.4) is 0 Å². The molecule has 1 rings (SSSR count). The van der Waals surface area contributed by atoms with Crippen molar-refractivity contribution >= 4 is 15.9 Å². The second-order valence-corrected chi connectivity index (χ2v) is 3.93. The highest BCUT2D eigenvalue weighted by atomic mass is 79.9. The molecule has 0 aliphatic rings. The summed E-state index contributed by atoms with van der Waals surface area (Å²) in [4.78, 5) is 0. The number of halogens is 1. The van der Waals surface area contributed by atoms with Gasteiger partial charge in [-0.1, -0.05) is 28.9 Å². The van der Waals surface area contributed by atoms with Gasteiger partial charge in [0, 0.05) is 5.33 Å². The molecule has 1 unspecified atom stereocenters. The van der Waals surface area contributed by atoms with Gasteiger partial charge in [0.15, 0.2) is 0 Å². The van der Waals surface area contributed by atoms with Gasteiger partial charge in [-0.15, -0.1) is 0 Å². The zero-order valence-corrected chi connectivity index (χ0v) is 9.89. The molecular weight excluding hydrogens is 228 g/mol. The zero-order valence-electron chi connectivity index (χ0n) is 8.30. The molecular formula is C11H15BrO. The fraction of sp³-hybridized carbons (Fsp3) is 0.455. The summed E-state index contributed by atoms with van der Waals surface area (Å²) in [5, 5.41) is 1.00. The summed E-state index contributed by atoms with van der Waals surface area (Å²) in [7, 11) is 1.70. The summed E-state index contributed by atoms with van der Waals surface area (Å²) in [6, 6.07) is 6.23. The van der Waals surface area contributed by atoms with Gasteiger partial charge >= 0.3 is 0 Å². The van der Waals surface area contributed by atoms with Gasteiger partial charge < -0.3 is 4.74 Å². The lowest BCUT2D eigenvalue weighted by molar-refractivity contribution is 0.414. The van der Waals surface area contributed by atoms with Gasteiger partial charge in [0.25, 0.3) is 0 Å². The molecule has 0 saturated heterocycles. The lowest BCUT2D eigenvalue weighted by Gasteiger charge is -2.12. The number of rotatable bonds is 3. The lowest BCUT2D eigenvalue weighted by Crippen LogP contribution is -1.97. The molecule has 0 spiro atoms. The molecule has 1 aromatic carbocycles. The first-order valence-electron chi connectivity index (χ1n) is 4.39. The fourth-order valence-corrected chi connectivity index (χ4v) is 1.76. The Morgan fingerprint density at radius 3 is 2.62 bits per heavy atom. The Morgan fingerprint density at radius 2 is 2.15 bits per heavy atom. The normalized spacial score (nSPS) is 12.6. The summed E-state index contributed by atoms with van der Waals surface area (Å²) in [6.07, 6.45) is 0. The van der Waals surface area contributed by atoms with Gasteiger partial charge in [-0.05, 0) is 36.1 Å². The third-order valence-corrected chi connectivity index (χ3v) is 3.21. The summed E-state index contributed by atoms with van der Waals surface area (Å²) >= 11 is 3.49. The summed E-state index contributed by atoms with van der Waals surface area (Å²) in [5.74, 6) is 1.49. The molecule has 0 radical (unpaired) electrons. The second-order valence-electron chi connectivity index (χ2n) is 3.28. The Balaban J connectivity index is 2.98. The second kappa shape index (κ2) is 4.66. The molecule has 0 amide bonds. The molecule has 0 saturated carbocycles. The van der Waals surface area contributed by atoms with Crippen LogP contribution in [-0.2, 0) is 0 Å². The molecule has 13 heavy (non-hydrogen) atoms. The Kier molecular flexibility index (Phi) is 3.79. The van der Waals surface area contributed by atoms with Gasteiger partial charge in [-0.2, -0.15) is 0 Å². The van der Waals surface area contributed by atoms with Gasteiger partial charge in [-0.3, -0.25) is 0 Å². The van der Waals surface area contributed by atoms with E-state index in [1.807, 2.05) is 6.07 Å². The third-order valence-electron chi connectivity index (χ3n) is 2.24. The van der Waals surface area contributed by atoms with Crippen LogP contribution in [0.25, 0.3) is 0 Å². The van der Waals surface area contributed by atoms with Crippen molar-refractivity contribution in [3.8, 4) is 5.75 Å². The van der Waals surface area contributed by atoms with E-state index >= 15 is 0 Å². The highest BCUT2D eigenvalue weighted by molar-refractivity contribution is 9.09. The van der Waals surface area contributed by atoms with E-state index < -0.39 is 0 Å². The molecule has 72 valence electrons. The minimum absolute atomic E-state index is 0.561. The Hall–Kier alpha value is -0.500. The van der Waals surface area contributed by atoms with Crippen LogP contribution in [-0.4, -0.2) is 12.4 Å². The van der Waals surface area contributed by atoms with Crippen LogP contribution >= 0.6 is 15.9 Å². The van der Waals surface area contributed by atoms with E-state index in [4.69, 9.17) is 4.74 Å². The summed E-state index contributed by atoms with van der Waals surface area (Å²) in [5.41, 5.74) is 2.68. The number of alkyl halides is 1. The molecule has 1 aromatic rings. The maximum absolute atomic E-state index is 5.15. The first-order valence-corrected chi connectivity index (χ1v) is 5.51. The molecule has 0 aromatic heterocycles. The number of aryl methyl sites for hydroxylation is 1. The van der Waals surface area contributed by atoms with Crippen LogP contribution in [0.2, 0.25) is 0 Å². The summed E-state index contributed by atoms with van der Waals surface area (Å²) < 4.78 is 5.15. The Labute approximate surface area is 88.2 Å². The number of benzene rings is 1. The standard InChI is InChI=1S/C11H15BrO/c1-8-6-10(13-3)4-5-11(8)9(2)7-12/h4-6,9H,7H2,1-3H3. The van der Waals surface area contributed by atoms with Crippen molar-refractivity contribution in [2.24, 2.45) is 0 Å². The minimum Gasteiger partial charge on any atom is -0.497 e. The highest BCUT2D eigenvalue weighted by Crippen LogP contribution is 2.24. The molecule has 0 bridgehead atoms. The van der Waals surface area contributed by atoms with Crippen LogP contribution < -0.4 is 4.74 Å². The van der Waals surface area contributed by atoms with Crippen molar-refractivity contribution in [2.45, 2.75) is 19.8 Å². The van der Waals surface area contributed by atoms with Crippen LogP contribution in [0.4, 0.5) is 0 Å². The van der Waals surface area contributed by atoms with E-state index in [0.29, 0.717) is 5.92 Å². The van der Waals surface area contributed by atoms with Gasteiger partial charge in [-0.25, -0.2) is 0 Å². The number of hydrogen-bond acceptors (Lipinski definition) is 1. The SMILES string of the molecule is COc1ccc(C(C)CBr)c(C)c1. The maximum Gasteiger partial charge on any atom is 0.119 e. The van der Waals surface area contributed by atoms with Crippen molar-refractivity contribution < 1.29 is 4.74 Å². The van der Waals surface area contributed by atoms with E-state index in [-0.39, 0.29) is 0 Å². The van der Waals surface area contributed by atoms with Crippen molar-refractivity contribution in [1.29, 1.82) is 0 Å². The van der Waals surface area contributed by atoms with Crippen molar-refractivity contribution in [1.82, 2.24) is 0 Å². The number of hydrogen-bond donors (Lipinski definition) is 0. The van der Waals surface area contributed by atoms with Gasteiger partial charge in [0.1, 0.15) is 5.75 Å². The Morgan fingerprint density at radius 1 is 1.46 bits per heavy atom. The van der Waals surface area contributed by atoms with Crippen LogP contribution in [0.15, 0.2) is 18.2 Å². The number of ether oxygens (including phenoxy) is 1. The third kappa shape index (κ3) is 2.47. The van der Waals surface area contributed by atoms with E-state index in [9.17, 15) is 0 Å². The predicted molar refractivity (Wildman–Crippen MR) is 59.9 cm³/mol. The van der Waals surface area contributed by atoms with E-state index in [1.54, 1.807) is 7.11 Å². The monoisotopic (exact) mass is 242 g/mol. The molecule has 0 aliphatic carbocycles. The average Bonchev–Trinajstić information content (AvgIpc) is 2.16. The average molecular weight is 243 g/mol. The Bertz CT molecular complexity index is 283. The first-order chi connectivity index (χ1) is 6.19. The molecule has 2 heteroatoms. The van der Waals surface area contributed by atoms with Crippen molar-refractivity contribution in [3.05, 3.63) is 29.3 Å². The molecule has 0 heterocycles. The van der Waals surface area contributed by atoms with E-state index in [2.05, 4.69) is 41.9 Å². The molecule has 1 atom stereocenters. The van der Waals surface area contributed by atoms with Crippen LogP contribution in [0.5, 0.6) is 5.75 Å². The molecule has 1 nitrogen and oxygen atoms in total. The van der Waals surface area contributed by atoms with Crippen molar-refractivity contribution in [3.63, 3.8) is 0 Å². The zero-order chi connectivity index (χ0) is 9.84. The first kappa shape index (κ1) is 10.6. The van der Waals surface area contributed by atoms with Gasteiger partial charge in [0.05, 0.1) is 7.11 Å². The molecule has 0 fully saturated rings. The van der Waals surface area contributed by atoms with Crippen LogP contribution in [0.1, 0.15) is 24.0 Å². The fourth-order valence-electron chi connectivity index (χ4n) is 1.41. The van der Waals surface area contributed by atoms with E-state index in [1.165, 1.54) is 11.1 Å². The smallest absolute Gasteiger partial charge is 0.119 e. The lowest BCUT2D eigenvalue weighted by atomic mass is 9.98.